The maximum absolute atomic E-state index is 14.5. The molecule has 2 aromatic heterocycles. The van der Waals surface area contributed by atoms with E-state index in [1.807, 2.05) is 4.90 Å². The van der Waals surface area contributed by atoms with Gasteiger partial charge in [-0.15, -0.1) is 11.3 Å². The summed E-state index contributed by atoms with van der Waals surface area (Å²) in [6.07, 6.45) is 4.30. The van der Waals surface area contributed by atoms with Crippen LogP contribution in [0, 0.1) is 17.6 Å². The molecule has 0 aliphatic carbocycles. The fourth-order valence-electron chi connectivity index (χ4n) is 4.64. The van der Waals surface area contributed by atoms with Gasteiger partial charge in [0.25, 0.3) is 0 Å². The number of piperidine rings is 1. The summed E-state index contributed by atoms with van der Waals surface area (Å²) in [7, 11) is 0. The van der Waals surface area contributed by atoms with Crippen LogP contribution in [0.1, 0.15) is 46.2 Å². The van der Waals surface area contributed by atoms with Gasteiger partial charge in [0.15, 0.2) is 22.5 Å². The van der Waals surface area contributed by atoms with E-state index in [2.05, 4.69) is 20.3 Å². The summed E-state index contributed by atoms with van der Waals surface area (Å²) in [6, 6.07) is 1.21. The molecule has 40 heavy (non-hydrogen) atoms. The van der Waals surface area contributed by atoms with Crippen molar-refractivity contribution in [3.05, 3.63) is 73.4 Å². The number of aromatic carboxylic acids is 1. The number of thiazole rings is 2. The van der Waals surface area contributed by atoms with Crippen LogP contribution in [-0.2, 0) is 9.53 Å². The van der Waals surface area contributed by atoms with Crippen molar-refractivity contribution in [3.63, 3.8) is 0 Å². The molecule has 1 fully saturated rings. The minimum absolute atomic E-state index is 0. The molecule has 15 heteroatoms. The van der Waals surface area contributed by atoms with E-state index in [1.54, 1.807) is 18.5 Å². The minimum Gasteiger partial charge on any atom is -0.542 e. The van der Waals surface area contributed by atoms with Gasteiger partial charge >= 0.3 is 24.8 Å². The maximum atomic E-state index is 14.5. The summed E-state index contributed by atoms with van der Waals surface area (Å²) in [5.41, 5.74) is 0.850. The van der Waals surface area contributed by atoms with Gasteiger partial charge in [-0.2, -0.15) is 0 Å². The molecule has 0 amide bonds. The molecular formula is C25H21ClF2LiN5O4S2. The van der Waals surface area contributed by atoms with Crippen LogP contribution in [0.25, 0.3) is 0 Å². The second-order valence-corrected chi connectivity index (χ2v) is 11.0. The van der Waals surface area contributed by atoms with E-state index in [4.69, 9.17) is 16.3 Å². The third-order valence-corrected chi connectivity index (χ3v) is 8.65. The van der Waals surface area contributed by atoms with E-state index < -0.39 is 34.6 Å². The first-order valence-electron chi connectivity index (χ1n) is 12.0. The van der Waals surface area contributed by atoms with E-state index in [-0.39, 0.29) is 47.5 Å². The Balaban J connectivity index is 0.00000370. The number of allylic oxidation sites excluding steroid dienone is 1. The van der Waals surface area contributed by atoms with E-state index in [9.17, 15) is 23.5 Å². The van der Waals surface area contributed by atoms with Crippen LogP contribution in [0.15, 0.2) is 46.2 Å². The molecule has 1 aromatic carbocycles. The first kappa shape index (κ1) is 30.1. The molecule has 1 unspecified atom stereocenters. The zero-order chi connectivity index (χ0) is 27.7. The van der Waals surface area contributed by atoms with Crippen molar-refractivity contribution in [3.8, 4) is 0 Å². The van der Waals surface area contributed by atoms with Gasteiger partial charge in [0.05, 0.1) is 23.4 Å². The second kappa shape index (κ2) is 12.8. The van der Waals surface area contributed by atoms with Gasteiger partial charge in [0.1, 0.15) is 22.0 Å². The summed E-state index contributed by atoms with van der Waals surface area (Å²) in [4.78, 5) is 39.4. The Morgan fingerprint density at radius 1 is 1.25 bits per heavy atom. The Bertz CT molecular complexity index is 1480. The molecule has 0 bridgehead atoms. The molecule has 1 atom stereocenters. The van der Waals surface area contributed by atoms with Crippen molar-refractivity contribution in [2.24, 2.45) is 10.9 Å². The monoisotopic (exact) mass is 599 g/mol. The van der Waals surface area contributed by atoms with Gasteiger partial charge < -0.3 is 24.9 Å². The number of benzene rings is 1. The molecule has 9 nitrogen and oxygen atoms in total. The SMILES string of the molecule is CCOC(=O)C1=C(C2CCN(c3cnc(C(=O)[O-])s3)CC2)NC(c2nccs2)=NC1c1ccc(F)c(F)c1Cl.[Li+]. The number of aliphatic imine (C=N–C) groups is 1. The van der Waals surface area contributed by atoms with E-state index in [0.717, 1.165) is 17.4 Å². The van der Waals surface area contributed by atoms with Crippen LogP contribution in [-0.4, -0.2) is 47.4 Å². The van der Waals surface area contributed by atoms with Crippen LogP contribution in [0.2, 0.25) is 5.02 Å². The number of hydrogen-bond acceptors (Lipinski definition) is 11. The van der Waals surface area contributed by atoms with Crippen molar-refractivity contribution in [1.29, 1.82) is 0 Å². The first-order chi connectivity index (χ1) is 18.8. The molecular weight excluding hydrogens is 579 g/mol. The van der Waals surface area contributed by atoms with Crippen LogP contribution in [0.5, 0.6) is 0 Å². The number of carbonyl (C=O) groups excluding carboxylic acids is 2. The molecule has 2 aliphatic rings. The average molecular weight is 600 g/mol. The molecule has 204 valence electrons. The number of rotatable bonds is 7. The van der Waals surface area contributed by atoms with Gasteiger partial charge in [-0.25, -0.2) is 23.5 Å². The van der Waals surface area contributed by atoms with E-state index in [0.29, 0.717) is 47.5 Å². The summed E-state index contributed by atoms with van der Waals surface area (Å²) < 4.78 is 33.8. The van der Waals surface area contributed by atoms with Crippen molar-refractivity contribution in [2.45, 2.75) is 25.8 Å². The topological polar surface area (TPSA) is 120 Å². The number of anilines is 1. The number of aromatic nitrogens is 2. The average Bonchev–Trinajstić information content (AvgIpc) is 3.65. The third-order valence-electron chi connectivity index (χ3n) is 6.45. The molecule has 0 saturated carbocycles. The molecule has 0 spiro atoms. The van der Waals surface area contributed by atoms with E-state index in [1.165, 1.54) is 23.6 Å². The Morgan fingerprint density at radius 3 is 2.62 bits per heavy atom. The molecule has 0 radical (unpaired) electrons. The van der Waals surface area contributed by atoms with Crippen LogP contribution in [0.3, 0.4) is 0 Å². The first-order valence-corrected chi connectivity index (χ1v) is 14.1. The summed E-state index contributed by atoms with van der Waals surface area (Å²) in [5, 5.41) is 16.9. The summed E-state index contributed by atoms with van der Waals surface area (Å²) in [6.45, 7) is 2.88. The van der Waals surface area contributed by atoms with Gasteiger partial charge in [0, 0.05) is 41.8 Å². The molecule has 2 aliphatic heterocycles. The van der Waals surface area contributed by atoms with Crippen LogP contribution < -0.4 is 34.2 Å². The predicted molar refractivity (Wildman–Crippen MR) is 141 cm³/mol. The number of carboxylic acid groups (broad SMARTS) is 1. The van der Waals surface area contributed by atoms with Crippen molar-refractivity contribution in [2.75, 3.05) is 24.6 Å². The van der Waals surface area contributed by atoms with Crippen molar-refractivity contribution in [1.82, 2.24) is 15.3 Å². The standard InChI is InChI=1S/C25H22ClF2N5O4S2.Li/c1-2-37-25(36)16-19(12-5-8-33(9-6-12)15-11-30-23(39-15)24(34)35)31-21(22-29-7-10-38-22)32-20(16)13-3-4-14(27)18(28)17(13)26;/h3-4,7,10-12,20H,2,5-6,8-9H2,1H3,(H,31,32)(H,34,35);/q;+1/p-1. The zero-order valence-electron chi connectivity index (χ0n) is 21.4. The third kappa shape index (κ3) is 5.94. The van der Waals surface area contributed by atoms with Gasteiger partial charge in [-0.1, -0.05) is 29.0 Å². The Hall–Kier alpha value is -2.82. The van der Waals surface area contributed by atoms with Crippen molar-refractivity contribution < 1.29 is 47.1 Å². The quantitative estimate of drug-likeness (QED) is 0.240. The number of carbonyl (C=O) groups is 2. The number of hydrogen-bond donors (Lipinski definition) is 1. The summed E-state index contributed by atoms with van der Waals surface area (Å²) in [5.74, 6) is -4.09. The minimum atomic E-state index is -1.33. The molecule has 4 heterocycles. The summed E-state index contributed by atoms with van der Waals surface area (Å²) >= 11 is 8.62. The maximum Gasteiger partial charge on any atom is 1.00 e. The Kier molecular flexibility index (Phi) is 9.63. The molecule has 5 rings (SSSR count). The predicted octanol–water partition coefficient (Wildman–Crippen LogP) is 0.724. The smallest absolute Gasteiger partial charge is 0.542 e. The van der Waals surface area contributed by atoms with Crippen molar-refractivity contribution >= 4 is 57.0 Å². The number of halogens is 3. The normalized spacial score (nSPS) is 17.6. The van der Waals surface area contributed by atoms with Gasteiger partial charge in [0.2, 0.25) is 0 Å². The molecule has 1 N–H and O–H groups in total. The number of nitrogens with zero attached hydrogens (tertiary/aromatic N) is 4. The Morgan fingerprint density at radius 2 is 2.00 bits per heavy atom. The number of nitrogens with one attached hydrogen (secondary N) is 1. The van der Waals surface area contributed by atoms with Crippen LogP contribution in [0.4, 0.5) is 13.8 Å². The zero-order valence-corrected chi connectivity index (χ0v) is 23.8. The largest absolute Gasteiger partial charge is 1.00 e. The fraction of sp³-hybridized carbons (Fsp3) is 0.320. The van der Waals surface area contributed by atoms with Gasteiger partial charge in [-0.05, 0) is 25.8 Å². The number of carboxylic acids is 1. The van der Waals surface area contributed by atoms with Crippen LogP contribution >= 0.6 is 34.3 Å². The number of esters is 1. The number of amidine groups is 1. The Labute approximate surface area is 253 Å². The van der Waals surface area contributed by atoms with Gasteiger partial charge in [-0.3, -0.25) is 4.99 Å². The number of ether oxygens (including phenoxy) is 1. The fourth-order valence-corrected chi connectivity index (χ4v) is 6.29. The van der Waals surface area contributed by atoms with E-state index >= 15 is 0 Å². The second-order valence-electron chi connectivity index (χ2n) is 8.71. The molecule has 3 aromatic rings. The molecule has 1 saturated heterocycles.